The third-order valence-corrected chi connectivity index (χ3v) is 4.36. The zero-order valence-corrected chi connectivity index (χ0v) is 14.7. The molecule has 2 aromatic carbocycles. The summed E-state index contributed by atoms with van der Waals surface area (Å²) in [5.41, 5.74) is 3.12. The number of amides is 1. The summed E-state index contributed by atoms with van der Waals surface area (Å²) in [6.45, 7) is 2.46. The van der Waals surface area contributed by atoms with Crippen LogP contribution < -0.4 is 5.32 Å². The maximum absolute atomic E-state index is 12.4. The van der Waals surface area contributed by atoms with E-state index in [-0.39, 0.29) is 5.91 Å². The molecule has 2 heterocycles. The number of aryl methyl sites for hydroxylation is 2. The fourth-order valence-corrected chi connectivity index (χ4v) is 3.14. The molecule has 2 aromatic heterocycles. The maximum Gasteiger partial charge on any atom is 0.259 e. The first-order valence-corrected chi connectivity index (χ1v) is 8.41. The van der Waals surface area contributed by atoms with Crippen molar-refractivity contribution >= 4 is 22.4 Å². The summed E-state index contributed by atoms with van der Waals surface area (Å²) < 4.78 is 3.46. The van der Waals surface area contributed by atoms with E-state index in [1.54, 1.807) is 24.1 Å². The van der Waals surface area contributed by atoms with Crippen molar-refractivity contribution in [2.45, 2.75) is 13.5 Å². The molecule has 4 aromatic rings. The van der Waals surface area contributed by atoms with Gasteiger partial charge in [-0.15, -0.1) is 0 Å². The van der Waals surface area contributed by atoms with Crippen LogP contribution in [-0.2, 0) is 13.6 Å². The van der Waals surface area contributed by atoms with Gasteiger partial charge in [0.15, 0.2) is 0 Å². The monoisotopic (exact) mass is 345 g/mol. The van der Waals surface area contributed by atoms with E-state index in [9.17, 15) is 4.79 Å². The van der Waals surface area contributed by atoms with Crippen molar-refractivity contribution in [3.05, 3.63) is 77.9 Å². The number of carbonyl (C=O) groups is 1. The molecular formula is C20H19N5O. The molecule has 26 heavy (non-hydrogen) atoms. The van der Waals surface area contributed by atoms with E-state index in [1.807, 2.05) is 29.9 Å². The van der Waals surface area contributed by atoms with Crippen LogP contribution in [0.5, 0.6) is 0 Å². The lowest BCUT2D eigenvalue weighted by molar-refractivity contribution is 0.102. The quantitative estimate of drug-likeness (QED) is 0.617. The van der Waals surface area contributed by atoms with Gasteiger partial charge in [0, 0.05) is 19.4 Å². The van der Waals surface area contributed by atoms with Crippen molar-refractivity contribution in [3.8, 4) is 0 Å². The minimum atomic E-state index is -0.180. The first kappa shape index (κ1) is 16.1. The molecule has 130 valence electrons. The van der Waals surface area contributed by atoms with Crippen LogP contribution in [-0.4, -0.2) is 25.5 Å². The lowest BCUT2D eigenvalue weighted by atomic mass is 10.0. The van der Waals surface area contributed by atoms with E-state index in [1.165, 1.54) is 16.3 Å². The first-order valence-electron chi connectivity index (χ1n) is 8.41. The van der Waals surface area contributed by atoms with Crippen LogP contribution in [0.4, 0.5) is 5.69 Å². The Morgan fingerprint density at radius 1 is 1.12 bits per heavy atom. The van der Waals surface area contributed by atoms with E-state index >= 15 is 0 Å². The number of nitrogens with zero attached hydrogens (tertiary/aromatic N) is 4. The molecule has 0 aliphatic rings. The predicted octanol–water partition coefficient (Wildman–Crippen LogP) is 3.38. The van der Waals surface area contributed by atoms with Gasteiger partial charge in [-0.05, 0) is 23.3 Å². The third kappa shape index (κ3) is 3.09. The lowest BCUT2D eigenvalue weighted by Gasteiger charge is -2.06. The Morgan fingerprint density at radius 3 is 2.73 bits per heavy atom. The highest BCUT2D eigenvalue weighted by Gasteiger charge is 2.13. The smallest absolute Gasteiger partial charge is 0.259 e. The summed E-state index contributed by atoms with van der Waals surface area (Å²) in [5, 5.41) is 13.9. The highest BCUT2D eigenvalue weighted by atomic mass is 16.1. The number of anilines is 1. The molecule has 0 saturated heterocycles. The molecule has 0 spiro atoms. The fraction of sp³-hybridized carbons (Fsp3) is 0.150. The fourth-order valence-electron chi connectivity index (χ4n) is 3.14. The second kappa shape index (κ2) is 6.48. The van der Waals surface area contributed by atoms with Gasteiger partial charge in [-0.3, -0.25) is 14.2 Å². The molecule has 0 unspecified atom stereocenters. The van der Waals surface area contributed by atoms with E-state index in [2.05, 4.69) is 45.8 Å². The minimum absolute atomic E-state index is 0.180. The van der Waals surface area contributed by atoms with Gasteiger partial charge in [0.05, 0.1) is 29.7 Å². The number of hydrogen-bond donors (Lipinski definition) is 1. The largest absolute Gasteiger partial charge is 0.319 e. The first-order chi connectivity index (χ1) is 12.6. The molecule has 0 bridgehead atoms. The molecule has 6 heteroatoms. The number of carbonyl (C=O) groups excluding carboxylic acids is 1. The van der Waals surface area contributed by atoms with Crippen molar-refractivity contribution in [2.24, 2.45) is 7.05 Å². The standard InChI is InChI=1S/C20H19N5O/c1-14-19(13-24(2)23-14)20(26)22-17-10-21-25(12-17)11-16-8-5-7-15-6-3-4-9-18(15)16/h3-10,12-13H,11H2,1-2H3,(H,22,26). The minimum Gasteiger partial charge on any atom is -0.319 e. The van der Waals surface area contributed by atoms with Gasteiger partial charge in [-0.2, -0.15) is 10.2 Å². The topological polar surface area (TPSA) is 64.7 Å². The van der Waals surface area contributed by atoms with Gasteiger partial charge in [0.2, 0.25) is 0 Å². The van der Waals surface area contributed by atoms with Gasteiger partial charge >= 0.3 is 0 Å². The third-order valence-electron chi connectivity index (χ3n) is 4.36. The van der Waals surface area contributed by atoms with Crippen LogP contribution in [0.2, 0.25) is 0 Å². The highest BCUT2D eigenvalue weighted by molar-refractivity contribution is 6.04. The Balaban J connectivity index is 1.53. The number of hydrogen-bond acceptors (Lipinski definition) is 3. The summed E-state index contributed by atoms with van der Waals surface area (Å²) in [6, 6.07) is 14.5. The van der Waals surface area contributed by atoms with Crippen LogP contribution in [0.25, 0.3) is 10.8 Å². The Bertz CT molecular complexity index is 1090. The van der Waals surface area contributed by atoms with Gasteiger partial charge in [0.25, 0.3) is 5.91 Å². The Hall–Kier alpha value is -3.41. The number of nitrogens with one attached hydrogen (secondary N) is 1. The van der Waals surface area contributed by atoms with Gasteiger partial charge in [-0.1, -0.05) is 42.5 Å². The van der Waals surface area contributed by atoms with Crippen LogP contribution in [0.3, 0.4) is 0 Å². The molecule has 6 nitrogen and oxygen atoms in total. The van der Waals surface area contributed by atoms with Crippen LogP contribution in [0, 0.1) is 6.92 Å². The van der Waals surface area contributed by atoms with Gasteiger partial charge < -0.3 is 5.32 Å². The lowest BCUT2D eigenvalue weighted by Crippen LogP contribution is -2.12. The van der Waals surface area contributed by atoms with Crippen molar-refractivity contribution in [1.82, 2.24) is 19.6 Å². The van der Waals surface area contributed by atoms with Crippen molar-refractivity contribution in [3.63, 3.8) is 0 Å². The second-order valence-electron chi connectivity index (χ2n) is 6.32. The summed E-state index contributed by atoms with van der Waals surface area (Å²) in [4.78, 5) is 12.4. The maximum atomic E-state index is 12.4. The Morgan fingerprint density at radius 2 is 1.92 bits per heavy atom. The Labute approximate surface area is 151 Å². The molecule has 0 aliphatic carbocycles. The molecule has 0 fully saturated rings. The van der Waals surface area contributed by atoms with E-state index in [0.717, 1.165) is 0 Å². The zero-order chi connectivity index (χ0) is 18.1. The van der Waals surface area contributed by atoms with Crippen LogP contribution in [0.1, 0.15) is 21.6 Å². The molecule has 0 aliphatic heterocycles. The number of fused-ring (bicyclic) bond motifs is 1. The number of benzene rings is 2. The average Bonchev–Trinajstić information content (AvgIpc) is 3.21. The van der Waals surface area contributed by atoms with E-state index in [0.29, 0.717) is 23.5 Å². The highest BCUT2D eigenvalue weighted by Crippen LogP contribution is 2.20. The molecular weight excluding hydrogens is 326 g/mol. The van der Waals surface area contributed by atoms with Crippen molar-refractivity contribution in [2.75, 3.05) is 5.32 Å². The number of rotatable bonds is 4. The zero-order valence-electron chi connectivity index (χ0n) is 14.7. The van der Waals surface area contributed by atoms with Gasteiger partial charge in [0.1, 0.15) is 0 Å². The Kier molecular flexibility index (Phi) is 4.01. The van der Waals surface area contributed by atoms with Crippen LogP contribution in [0.15, 0.2) is 61.1 Å². The molecule has 0 radical (unpaired) electrons. The normalized spacial score (nSPS) is 11.0. The number of aromatic nitrogens is 4. The van der Waals surface area contributed by atoms with E-state index in [4.69, 9.17) is 0 Å². The predicted molar refractivity (Wildman–Crippen MR) is 101 cm³/mol. The molecule has 0 saturated carbocycles. The van der Waals surface area contributed by atoms with Crippen molar-refractivity contribution < 1.29 is 4.79 Å². The summed E-state index contributed by atoms with van der Waals surface area (Å²) in [7, 11) is 1.80. The molecule has 1 amide bonds. The molecule has 4 rings (SSSR count). The van der Waals surface area contributed by atoms with Crippen LogP contribution >= 0.6 is 0 Å². The SMILES string of the molecule is Cc1nn(C)cc1C(=O)Nc1cnn(Cc2cccc3ccccc23)c1. The summed E-state index contributed by atoms with van der Waals surface area (Å²) in [5.74, 6) is -0.180. The average molecular weight is 345 g/mol. The summed E-state index contributed by atoms with van der Waals surface area (Å²) >= 11 is 0. The van der Waals surface area contributed by atoms with Gasteiger partial charge in [-0.25, -0.2) is 0 Å². The molecule has 1 N–H and O–H groups in total. The second-order valence-corrected chi connectivity index (χ2v) is 6.32. The molecule has 0 atom stereocenters. The summed E-state index contributed by atoms with van der Waals surface area (Å²) in [6.07, 6.45) is 5.21. The van der Waals surface area contributed by atoms with Crippen molar-refractivity contribution in [1.29, 1.82) is 0 Å². The van der Waals surface area contributed by atoms with E-state index < -0.39 is 0 Å².